The summed E-state index contributed by atoms with van der Waals surface area (Å²) in [4.78, 5) is 23.7. The van der Waals surface area contributed by atoms with Crippen LogP contribution in [0, 0.1) is 5.82 Å². The highest BCUT2D eigenvalue weighted by Crippen LogP contribution is 2.26. The summed E-state index contributed by atoms with van der Waals surface area (Å²) in [7, 11) is 0. The minimum atomic E-state index is -0.810. The molecule has 2 rings (SSSR count). The van der Waals surface area contributed by atoms with Gasteiger partial charge in [-0.3, -0.25) is 9.69 Å². The van der Waals surface area contributed by atoms with Crippen LogP contribution in [0.25, 0.3) is 0 Å². The molecule has 0 unspecified atom stereocenters. The van der Waals surface area contributed by atoms with Gasteiger partial charge in [-0.1, -0.05) is 0 Å². The van der Waals surface area contributed by atoms with Crippen molar-refractivity contribution in [2.75, 3.05) is 18.0 Å². The molecule has 1 aromatic carbocycles. The fraction of sp³-hybridized carbons (Fsp3) is 0.333. The van der Waals surface area contributed by atoms with Gasteiger partial charge in [0.15, 0.2) is 11.6 Å². The summed E-state index contributed by atoms with van der Waals surface area (Å²) in [5.74, 6) is -1.51. The number of halogens is 1. The van der Waals surface area contributed by atoms with E-state index in [0.29, 0.717) is 5.69 Å². The Hall–Kier alpha value is -2.31. The molecular formula is C12H13FN2O4. The Labute approximate surface area is 108 Å². The van der Waals surface area contributed by atoms with E-state index in [1.807, 2.05) is 0 Å². The maximum Gasteiger partial charge on any atom is 0.414 e. The first-order valence-corrected chi connectivity index (χ1v) is 5.68. The molecule has 1 heterocycles. The predicted molar refractivity (Wildman–Crippen MR) is 64.4 cm³/mol. The van der Waals surface area contributed by atoms with Gasteiger partial charge in [-0.15, -0.1) is 0 Å². The summed E-state index contributed by atoms with van der Waals surface area (Å²) in [5.41, 5.74) is 0.297. The Morgan fingerprint density at radius 2 is 2.37 bits per heavy atom. The van der Waals surface area contributed by atoms with E-state index in [1.165, 1.54) is 24.0 Å². The van der Waals surface area contributed by atoms with Crippen LogP contribution in [0.3, 0.4) is 0 Å². The molecule has 0 aromatic heterocycles. The molecule has 1 aromatic rings. The van der Waals surface area contributed by atoms with Crippen LogP contribution in [-0.2, 0) is 9.53 Å². The van der Waals surface area contributed by atoms with Crippen molar-refractivity contribution in [2.24, 2.45) is 0 Å². The molecule has 1 aliphatic heterocycles. The maximum absolute atomic E-state index is 13.2. The molecule has 2 amide bonds. The number of benzene rings is 1. The van der Waals surface area contributed by atoms with Crippen LogP contribution >= 0.6 is 0 Å². The lowest BCUT2D eigenvalue weighted by atomic mass is 10.2. The van der Waals surface area contributed by atoms with E-state index in [4.69, 9.17) is 9.84 Å². The van der Waals surface area contributed by atoms with Gasteiger partial charge >= 0.3 is 6.09 Å². The number of aromatic hydroxyl groups is 1. The minimum Gasteiger partial charge on any atom is -0.505 e. The number of nitrogens with one attached hydrogen (secondary N) is 1. The number of amides is 2. The number of cyclic esters (lactones) is 1. The summed E-state index contributed by atoms with van der Waals surface area (Å²) in [6, 6.07) is 3.64. The SMILES string of the molecule is CC(=O)NC[C@H]1CN(c2ccc(O)c(F)c2)C(=O)O1. The molecule has 0 saturated carbocycles. The number of phenols is 1. The first-order chi connectivity index (χ1) is 8.97. The molecule has 19 heavy (non-hydrogen) atoms. The molecule has 1 saturated heterocycles. The summed E-state index contributed by atoms with van der Waals surface area (Å²) >= 11 is 0. The van der Waals surface area contributed by atoms with E-state index in [1.54, 1.807) is 0 Å². The van der Waals surface area contributed by atoms with E-state index in [0.717, 1.165) is 6.07 Å². The first-order valence-electron chi connectivity index (χ1n) is 5.68. The van der Waals surface area contributed by atoms with Crippen LogP contribution in [0.1, 0.15) is 6.92 Å². The van der Waals surface area contributed by atoms with Crippen LogP contribution in [0.5, 0.6) is 5.75 Å². The Balaban J connectivity index is 2.07. The van der Waals surface area contributed by atoms with Gasteiger partial charge in [0.1, 0.15) is 6.10 Å². The molecular weight excluding hydrogens is 255 g/mol. The normalized spacial score (nSPS) is 18.3. The topological polar surface area (TPSA) is 78.9 Å². The van der Waals surface area contributed by atoms with Gasteiger partial charge in [0, 0.05) is 13.0 Å². The molecule has 7 heteroatoms. The number of hydrogen-bond acceptors (Lipinski definition) is 4. The number of carbonyl (C=O) groups is 2. The Morgan fingerprint density at radius 1 is 1.63 bits per heavy atom. The van der Waals surface area contributed by atoms with Gasteiger partial charge in [-0.25, -0.2) is 9.18 Å². The predicted octanol–water partition coefficient (Wildman–Crippen LogP) is 0.993. The van der Waals surface area contributed by atoms with Crippen LogP contribution < -0.4 is 10.2 Å². The second-order valence-electron chi connectivity index (χ2n) is 4.19. The lowest BCUT2D eigenvalue weighted by Crippen LogP contribution is -2.33. The van der Waals surface area contributed by atoms with Crippen molar-refractivity contribution in [1.82, 2.24) is 5.32 Å². The lowest BCUT2D eigenvalue weighted by molar-refractivity contribution is -0.119. The molecule has 1 fully saturated rings. The van der Waals surface area contributed by atoms with E-state index in [2.05, 4.69) is 5.32 Å². The van der Waals surface area contributed by atoms with Crippen LogP contribution in [0.2, 0.25) is 0 Å². The van der Waals surface area contributed by atoms with Gasteiger partial charge in [0.25, 0.3) is 0 Å². The standard InChI is InChI=1S/C12H13FN2O4/c1-7(16)14-5-9-6-15(12(18)19-9)8-2-3-11(17)10(13)4-8/h2-4,9,17H,5-6H2,1H3,(H,14,16)/t9-/m0/s1. The largest absolute Gasteiger partial charge is 0.505 e. The van der Waals surface area contributed by atoms with Gasteiger partial charge in [0.05, 0.1) is 18.8 Å². The maximum atomic E-state index is 13.2. The summed E-state index contributed by atoms with van der Waals surface area (Å²) < 4.78 is 18.3. The zero-order chi connectivity index (χ0) is 14.0. The molecule has 1 aliphatic rings. The van der Waals surface area contributed by atoms with Crippen LogP contribution in [-0.4, -0.2) is 36.3 Å². The zero-order valence-electron chi connectivity index (χ0n) is 10.2. The van der Waals surface area contributed by atoms with E-state index in [9.17, 15) is 14.0 Å². The third-order valence-electron chi connectivity index (χ3n) is 2.70. The van der Waals surface area contributed by atoms with Crippen molar-refractivity contribution in [1.29, 1.82) is 0 Å². The Kier molecular flexibility index (Phi) is 3.55. The van der Waals surface area contributed by atoms with Gasteiger partial charge in [-0.2, -0.15) is 0 Å². The van der Waals surface area contributed by atoms with Crippen LogP contribution in [0.15, 0.2) is 18.2 Å². The average Bonchev–Trinajstić information content (AvgIpc) is 2.72. The third kappa shape index (κ3) is 2.93. The summed E-state index contributed by atoms with van der Waals surface area (Å²) in [6.45, 7) is 1.78. The van der Waals surface area contributed by atoms with E-state index in [-0.39, 0.29) is 19.0 Å². The summed E-state index contributed by atoms with van der Waals surface area (Å²) in [6.07, 6.45) is -1.09. The fourth-order valence-electron chi connectivity index (χ4n) is 1.76. The quantitative estimate of drug-likeness (QED) is 0.857. The van der Waals surface area contributed by atoms with E-state index < -0.39 is 23.8 Å². The van der Waals surface area contributed by atoms with Crippen LogP contribution in [0.4, 0.5) is 14.9 Å². The molecule has 6 nitrogen and oxygen atoms in total. The number of phenolic OH excluding ortho intramolecular Hbond substituents is 1. The zero-order valence-corrected chi connectivity index (χ0v) is 10.2. The Morgan fingerprint density at radius 3 is 3.00 bits per heavy atom. The molecule has 102 valence electrons. The fourth-order valence-corrected chi connectivity index (χ4v) is 1.76. The minimum absolute atomic E-state index is 0.206. The third-order valence-corrected chi connectivity index (χ3v) is 2.70. The monoisotopic (exact) mass is 268 g/mol. The molecule has 1 atom stereocenters. The van der Waals surface area contributed by atoms with Crippen molar-refractivity contribution >= 4 is 17.7 Å². The summed E-state index contributed by atoms with van der Waals surface area (Å²) in [5, 5.41) is 11.6. The average molecular weight is 268 g/mol. The number of rotatable bonds is 3. The second-order valence-corrected chi connectivity index (χ2v) is 4.19. The number of anilines is 1. The number of ether oxygens (including phenoxy) is 1. The lowest BCUT2D eigenvalue weighted by Gasteiger charge is -2.13. The van der Waals surface area contributed by atoms with Gasteiger partial charge < -0.3 is 15.2 Å². The smallest absolute Gasteiger partial charge is 0.414 e. The van der Waals surface area contributed by atoms with Crippen molar-refractivity contribution < 1.29 is 23.8 Å². The van der Waals surface area contributed by atoms with Gasteiger partial charge in [0.2, 0.25) is 5.91 Å². The molecule has 0 bridgehead atoms. The number of carbonyl (C=O) groups excluding carboxylic acids is 2. The van der Waals surface area contributed by atoms with Crippen molar-refractivity contribution in [2.45, 2.75) is 13.0 Å². The number of hydrogen-bond donors (Lipinski definition) is 2. The Bertz CT molecular complexity index is 520. The molecule has 0 aliphatic carbocycles. The highest BCUT2D eigenvalue weighted by molar-refractivity contribution is 5.89. The highest BCUT2D eigenvalue weighted by atomic mass is 19.1. The number of nitrogens with zero attached hydrogens (tertiary/aromatic N) is 1. The first kappa shape index (κ1) is 13.1. The molecule has 0 radical (unpaired) electrons. The second kappa shape index (κ2) is 5.13. The molecule has 2 N–H and O–H groups in total. The van der Waals surface area contributed by atoms with Crippen molar-refractivity contribution in [3.05, 3.63) is 24.0 Å². The highest BCUT2D eigenvalue weighted by Gasteiger charge is 2.32. The molecule has 0 spiro atoms. The van der Waals surface area contributed by atoms with Crippen molar-refractivity contribution in [3.8, 4) is 5.75 Å². The van der Waals surface area contributed by atoms with Crippen molar-refractivity contribution in [3.63, 3.8) is 0 Å². The van der Waals surface area contributed by atoms with E-state index >= 15 is 0 Å². The van der Waals surface area contributed by atoms with Gasteiger partial charge in [-0.05, 0) is 12.1 Å².